The lowest BCUT2D eigenvalue weighted by molar-refractivity contribution is -0.0120. The highest BCUT2D eigenvalue weighted by Crippen LogP contribution is 2.68. The van der Waals surface area contributed by atoms with E-state index < -0.39 is 43.9 Å². The average molecular weight is 475 g/mol. The van der Waals surface area contributed by atoms with Crippen LogP contribution >= 0.6 is 0 Å². The van der Waals surface area contributed by atoms with Crippen molar-refractivity contribution in [3.8, 4) is 0 Å². The summed E-state index contributed by atoms with van der Waals surface area (Å²) < 4.78 is 79.9. The number of sulfonamides is 1. The van der Waals surface area contributed by atoms with Gasteiger partial charge in [0.25, 0.3) is 21.9 Å². The van der Waals surface area contributed by atoms with Gasteiger partial charge < -0.3 is 5.32 Å². The minimum Gasteiger partial charge on any atom is -0.321 e. The van der Waals surface area contributed by atoms with Crippen LogP contribution in [0.25, 0.3) is 0 Å². The van der Waals surface area contributed by atoms with E-state index in [-0.39, 0.29) is 42.2 Å². The van der Waals surface area contributed by atoms with Crippen molar-refractivity contribution in [2.75, 3.05) is 5.32 Å². The molecule has 2 heterocycles. The molecule has 174 valence electrons. The number of hydrogen-bond acceptors (Lipinski definition) is 5. The van der Waals surface area contributed by atoms with E-state index in [4.69, 9.17) is 5.14 Å². The third kappa shape index (κ3) is 4.10. The number of halogens is 4. The molecule has 13 heteroatoms. The Morgan fingerprint density at radius 2 is 2.06 bits per heavy atom. The maximum atomic E-state index is 14.1. The molecule has 2 saturated carbocycles. The molecule has 1 unspecified atom stereocenters. The second-order valence-corrected chi connectivity index (χ2v) is 10.3. The van der Waals surface area contributed by atoms with Crippen molar-refractivity contribution in [1.29, 1.82) is 0 Å². The number of anilines is 1. The van der Waals surface area contributed by atoms with E-state index in [1.807, 2.05) is 0 Å². The van der Waals surface area contributed by atoms with Gasteiger partial charge in [-0.05, 0) is 30.7 Å². The van der Waals surface area contributed by atoms with E-state index in [1.165, 1.54) is 13.0 Å². The number of nitrogens with two attached hydrogens (primary N) is 1. The van der Waals surface area contributed by atoms with Crippen LogP contribution in [-0.2, 0) is 22.5 Å². The summed E-state index contributed by atoms with van der Waals surface area (Å²) in [6, 6.07) is 2.32. The molecule has 0 spiro atoms. The molecule has 2 aliphatic carbocycles. The Morgan fingerprint density at radius 3 is 2.62 bits per heavy atom. The molecule has 2 aromatic heterocycles. The Kier molecular flexibility index (Phi) is 4.94. The normalized spacial score (nSPS) is 24.3. The molecule has 4 rings (SSSR count). The monoisotopic (exact) mass is 475 g/mol. The number of rotatable bonds is 6. The largest absolute Gasteiger partial charge is 0.321 e. The number of alkyl halides is 4. The Bertz CT molecular complexity index is 1210. The van der Waals surface area contributed by atoms with Crippen molar-refractivity contribution < 1.29 is 30.8 Å². The second kappa shape index (κ2) is 6.98. The summed E-state index contributed by atoms with van der Waals surface area (Å²) in [6.07, 6.45) is 0.978. The SMILES string of the molecule is Cc1c(C(C)(F)F)nn(C[C@@]23CC2CC(F)(F)C3)c1C(=O)Nc1ccnc(S(N)(=O)=O)c1. The van der Waals surface area contributed by atoms with E-state index in [9.17, 15) is 30.8 Å². The van der Waals surface area contributed by atoms with Gasteiger partial charge in [0.1, 0.15) is 11.4 Å². The summed E-state index contributed by atoms with van der Waals surface area (Å²) in [5, 5.41) is 10.9. The molecule has 1 amide bonds. The summed E-state index contributed by atoms with van der Waals surface area (Å²) in [5.74, 6) is -7.27. The molecule has 0 bridgehead atoms. The number of nitrogens with zero attached hydrogens (tertiary/aromatic N) is 3. The molecule has 2 fully saturated rings. The van der Waals surface area contributed by atoms with E-state index in [1.54, 1.807) is 0 Å². The highest BCUT2D eigenvalue weighted by atomic mass is 32.2. The van der Waals surface area contributed by atoms with Crippen LogP contribution in [0.4, 0.5) is 23.2 Å². The lowest BCUT2D eigenvalue weighted by Crippen LogP contribution is -2.24. The summed E-state index contributed by atoms with van der Waals surface area (Å²) >= 11 is 0. The number of amides is 1. The number of carbonyl (C=O) groups excluding carboxylic acids is 1. The Balaban J connectivity index is 1.68. The van der Waals surface area contributed by atoms with Crippen molar-refractivity contribution in [3.05, 3.63) is 35.3 Å². The van der Waals surface area contributed by atoms with Gasteiger partial charge in [0.15, 0.2) is 5.03 Å². The molecule has 0 aromatic carbocycles. The topological polar surface area (TPSA) is 120 Å². The molecule has 0 radical (unpaired) electrons. The molecule has 3 N–H and O–H groups in total. The fourth-order valence-electron chi connectivity index (χ4n) is 4.64. The van der Waals surface area contributed by atoms with Crippen molar-refractivity contribution in [1.82, 2.24) is 14.8 Å². The third-order valence-corrected chi connectivity index (χ3v) is 6.89. The van der Waals surface area contributed by atoms with Gasteiger partial charge in [-0.15, -0.1) is 0 Å². The number of pyridine rings is 1. The van der Waals surface area contributed by atoms with Gasteiger partial charge in [-0.2, -0.15) is 13.9 Å². The van der Waals surface area contributed by atoms with Crippen LogP contribution in [0.15, 0.2) is 23.4 Å². The lowest BCUT2D eigenvalue weighted by atomic mass is 10.0. The molecule has 32 heavy (non-hydrogen) atoms. The highest BCUT2D eigenvalue weighted by Gasteiger charge is 2.67. The van der Waals surface area contributed by atoms with Gasteiger partial charge in [-0.3, -0.25) is 9.48 Å². The molecule has 8 nitrogen and oxygen atoms in total. The zero-order valence-corrected chi connectivity index (χ0v) is 18.0. The molecular formula is C19H21F4N5O3S. The third-order valence-electron chi connectivity index (χ3n) is 6.08. The fraction of sp³-hybridized carbons (Fsp3) is 0.526. The minimum absolute atomic E-state index is 0.0147. The summed E-state index contributed by atoms with van der Waals surface area (Å²) in [7, 11) is -4.14. The molecule has 0 aliphatic heterocycles. The first-order chi connectivity index (χ1) is 14.6. The summed E-state index contributed by atoms with van der Waals surface area (Å²) in [6.45, 7) is 1.85. The smallest absolute Gasteiger partial charge is 0.289 e. The molecular weight excluding hydrogens is 454 g/mol. The summed E-state index contributed by atoms with van der Waals surface area (Å²) in [4.78, 5) is 16.6. The Morgan fingerprint density at radius 1 is 1.38 bits per heavy atom. The molecule has 2 aliphatic rings. The van der Waals surface area contributed by atoms with Crippen LogP contribution < -0.4 is 10.5 Å². The van der Waals surface area contributed by atoms with Crippen LogP contribution in [0.3, 0.4) is 0 Å². The first kappa shape index (κ1) is 22.6. The van der Waals surface area contributed by atoms with E-state index in [0.717, 1.165) is 16.9 Å². The average Bonchev–Trinajstić information content (AvgIpc) is 3.00. The lowest BCUT2D eigenvalue weighted by Gasteiger charge is -2.17. The molecule has 2 atom stereocenters. The maximum Gasteiger partial charge on any atom is 0.289 e. The predicted octanol–water partition coefficient (Wildman–Crippen LogP) is 3.03. The van der Waals surface area contributed by atoms with Crippen molar-refractivity contribution in [2.24, 2.45) is 16.5 Å². The van der Waals surface area contributed by atoms with Crippen molar-refractivity contribution in [3.63, 3.8) is 0 Å². The number of primary sulfonamides is 1. The molecule has 2 aromatic rings. The van der Waals surface area contributed by atoms with Crippen LogP contribution in [0.1, 0.15) is 47.9 Å². The highest BCUT2D eigenvalue weighted by molar-refractivity contribution is 7.89. The number of carbonyl (C=O) groups is 1. The standard InChI is InChI=1S/C19H21F4N5O3S/c1-10-14(16(29)26-12-3-4-25-13(5-12)32(24,30)31)28(27-15(10)17(2,20)21)9-18-6-11(18)7-19(22,23)8-18/h3-5,11H,6-9H2,1-2H3,(H2,24,30,31)(H,25,26,29)/t11?,18-/m0/s1. The zero-order valence-electron chi connectivity index (χ0n) is 17.2. The second-order valence-electron chi connectivity index (χ2n) is 8.75. The van der Waals surface area contributed by atoms with Gasteiger partial charge in [-0.1, -0.05) is 0 Å². The van der Waals surface area contributed by atoms with E-state index in [0.29, 0.717) is 13.3 Å². The van der Waals surface area contributed by atoms with E-state index in [2.05, 4.69) is 15.4 Å². The zero-order chi connectivity index (χ0) is 23.7. The first-order valence-corrected chi connectivity index (χ1v) is 11.3. The maximum absolute atomic E-state index is 14.1. The number of nitrogens with one attached hydrogen (secondary N) is 1. The van der Waals surface area contributed by atoms with Crippen molar-refractivity contribution >= 4 is 21.6 Å². The number of aromatic nitrogens is 3. The first-order valence-electron chi connectivity index (χ1n) is 9.75. The van der Waals surface area contributed by atoms with Gasteiger partial charge >= 0.3 is 0 Å². The van der Waals surface area contributed by atoms with Crippen LogP contribution in [0, 0.1) is 18.3 Å². The Hall–Kier alpha value is -2.54. The van der Waals surface area contributed by atoms with E-state index >= 15 is 0 Å². The van der Waals surface area contributed by atoms with Crippen LogP contribution in [-0.4, -0.2) is 35.0 Å². The Labute approximate surface area is 181 Å². The van der Waals surface area contributed by atoms with Gasteiger partial charge in [0.2, 0.25) is 5.92 Å². The molecule has 0 saturated heterocycles. The van der Waals surface area contributed by atoms with Gasteiger partial charge in [-0.25, -0.2) is 27.3 Å². The predicted molar refractivity (Wildman–Crippen MR) is 105 cm³/mol. The fourth-order valence-corrected chi connectivity index (χ4v) is 5.14. The summed E-state index contributed by atoms with van der Waals surface area (Å²) in [5.41, 5.74) is -1.68. The van der Waals surface area contributed by atoms with Crippen LogP contribution in [0.2, 0.25) is 0 Å². The van der Waals surface area contributed by atoms with Crippen molar-refractivity contribution in [2.45, 2.75) is 56.5 Å². The van der Waals surface area contributed by atoms with Crippen LogP contribution in [0.5, 0.6) is 0 Å². The van der Waals surface area contributed by atoms with Gasteiger partial charge in [0.05, 0.1) is 0 Å². The number of fused-ring (bicyclic) bond motifs is 1. The van der Waals surface area contributed by atoms with Gasteiger partial charge in [0, 0.05) is 49.8 Å². The minimum atomic E-state index is -4.14. The number of hydrogen-bond donors (Lipinski definition) is 2. The quantitative estimate of drug-likeness (QED) is 0.623.